The van der Waals surface area contributed by atoms with E-state index in [4.69, 9.17) is 0 Å². The number of benzene rings is 2. The van der Waals surface area contributed by atoms with E-state index in [0.29, 0.717) is 25.1 Å². The summed E-state index contributed by atoms with van der Waals surface area (Å²) >= 11 is 0. The van der Waals surface area contributed by atoms with E-state index in [-0.39, 0.29) is 12.0 Å². The fourth-order valence-corrected chi connectivity index (χ4v) is 4.48. The molecule has 0 aliphatic rings. The third-order valence-corrected chi connectivity index (χ3v) is 6.48. The molecule has 0 spiro atoms. The number of alkyl halides is 6. The Labute approximate surface area is 203 Å². The van der Waals surface area contributed by atoms with E-state index in [0.717, 1.165) is 32.0 Å². The number of nitrogens with zero attached hydrogens (tertiary/aromatic N) is 2. The van der Waals surface area contributed by atoms with Crippen LogP contribution in [-0.4, -0.2) is 24.5 Å². The van der Waals surface area contributed by atoms with Gasteiger partial charge in [0.15, 0.2) is 0 Å². The maximum absolute atomic E-state index is 13.5. The predicted molar refractivity (Wildman–Crippen MR) is 125 cm³/mol. The quantitative estimate of drug-likeness (QED) is 0.295. The average molecular weight is 499 g/mol. The first-order valence-electron chi connectivity index (χ1n) is 11.8. The van der Waals surface area contributed by atoms with Crippen molar-refractivity contribution in [1.29, 1.82) is 5.26 Å². The highest BCUT2D eigenvalue weighted by molar-refractivity contribution is 5.42. The fourth-order valence-electron chi connectivity index (χ4n) is 4.48. The molecule has 35 heavy (non-hydrogen) atoms. The predicted octanol–water partition coefficient (Wildman–Crippen LogP) is 7.88. The first kappa shape index (κ1) is 28.7. The standard InChI is InChI=1S/C27H32F6N2/c1-4-15-35(17-13-21-9-6-5-7-10-21)16-8-14-25(19-34,20(2)3)22-11-12-23(26(28,29)30)24(18-22)27(31,32)33/h5-7,9-12,18,20H,4,8,13-17H2,1-3H3. The van der Waals surface area contributed by atoms with E-state index in [2.05, 4.69) is 17.9 Å². The second-order valence-electron chi connectivity index (χ2n) is 9.17. The fraction of sp³-hybridized carbons (Fsp3) is 0.519. The zero-order valence-electron chi connectivity index (χ0n) is 20.3. The maximum atomic E-state index is 13.5. The van der Waals surface area contributed by atoms with Gasteiger partial charge in [-0.2, -0.15) is 31.6 Å². The van der Waals surface area contributed by atoms with Gasteiger partial charge in [0.05, 0.1) is 22.6 Å². The lowest BCUT2D eigenvalue weighted by atomic mass is 9.69. The Morgan fingerprint density at radius 3 is 2.00 bits per heavy atom. The smallest absolute Gasteiger partial charge is 0.303 e. The molecule has 8 heteroatoms. The molecule has 0 aliphatic heterocycles. The Hall–Kier alpha value is -2.53. The number of nitriles is 1. The summed E-state index contributed by atoms with van der Waals surface area (Å²) in [7, 11) is 0. The van der Waals surface area contributed by atoms with Gasteiger partial charge in [-0.3, -0.25) is 0 Å². The van der Waals surface area contributed by atoms with Gasteiger partial charge in [0, 0.05) is 6.54 Å². The van der Waals surface area contributed by atoms with Crippen LogP contribution >= 0.6 is 0 Å². The zero-order valence-corrected chi connectivity index (χ0v) is 20.3. The number of halogens is 6. The van der Waals surface area contributed by atoms with Crippen molar-refractivity contribution in [3.8, 4) is 6.07 Å². The minimum Gasteiger partial charge on any atom is -0.303 e. The molecule has 0 aliphatic carbocycles. The van der Waals surface area contributed by atoms with Crippen molar-refractivity contribution in [3.05, 3.63) is 70.8 Å². The summed E-state index contributed by atoms with van der Waals surface area (Å²) in [6, 6.07) is 14.2. The number of hydrogen-bond donors (Lipinski definition) is 0. The monoisotopic (exact) mass is 498 g/mol. The molecule has 0 bridgehead atoms. The summed E-state index contributed by atoms with van der Waals surface area (Å²) in [5, 5.41) is 10.1. The number of hydrogen-bond acceptors (Lipinski definition) is 2. The summed E-state index contributed by atoms with van der Waals surface area (Å²) in [5.41, 5.74) is -3.65. The Bertz CT molecular complexity index is 976. The molecule has 0 fully saturated rings. The molecule has 0 aromatic heterocycles. The third-order valence-electron chi connectivity index (χ3n) is 6.48. The Morgan fingerprint density at radius 1 is 0.857 bits per heavy atom. The molecule has 1 unspecified atom stereocenters. The lowest BCUT2D eigenvalue weighted by Gasteiger charge is -2.33. The van der Waals surface area contributed by atoms with Crippen LogP contribution < -0.4 is 0 Å². The van der Waals surface area contributed by atoms with Crippen LogP contribution in [0.25, 0.3) is 0 Å². The van der Waals surface area contributed by atoms with E-state index < -0.39 is 34.8 Å². The lowest BCUT2D eigenvalue weighted by molar-refractivity contribution is -0.162. The summed E-state index contributed by atoms with van der Waals surface area (Å²) in [5.74, 6) is -0.394. The summed E-state index contributed by atoms with van der Waals surface area (Å²) in [6.07, 6.45) is -7.78. The van der Waals surface area contributed by atoms with E-state index >= 15 is 0 Å². The molecule has 0 amide bonds. The third kappa shape index (κ3) is 7.47. The van der Waals surface area contributed by atoms with Gasteiger partial charge in [-0.25, -0.2) is 0 Å². The maximum Gasteiger partial charge on any atom is 0.417 e. The highest BCUT2D eigenvalue weighted by atomic mass is 19.4. The van der Waals surface area contributed by atoms with Crippen molar-refractivity contribution in [2.45, 2.75) is 64.2 Å². The van der Waals surface area contributed by atoms with Gasteiger partial charge in [-0.05, 0) is 68.0 Å². The molecule has 0 saturated carbocycles. The zero-order chi connectivity index (χ0) is 26.3. The van der Waals surface area contributed by atoms with Crippen LogP contribution in [0.1, 0.15) is 62.3 Å². The van der Waals surface area contributed by atoms with Gasteiger partial charge in [-0.1, -0.05) is 57.2 Å². The Balaban J connectivity index is 2.26. The van der Waals surface area contributed by atoms with Crippen molar-refractivity contribution in [1.82, 2.24) is 4.90 Å². The molecule has 2 aromatic rings. The molecule has 0 radical (unpaired) electrons. The Morgan fingerprint density at radius 2 is 1.49 bits per heavy atom. The lowest BCUT2D eigenvalue weighted by Crippen LogP contribution is -2.34. The molecule has 0 heterocycles. The molecule has 1 atom stereocenters. The summed E-state index contributed by atoms with van der Waals surface area (Å²) in [4.78, 5) is 2.25. The first-order chi connectivity index (χ1) is 16.3. The van der Waals surface area contributed by atoms with Crippen molar-refractivity contribution >= 4 is 0 Å². The molecular weight excluding hydrogens is 466 g/mol. The van der Waals surface area contributed by atoms with Gasteiger partial charge in [0.2, 0.25) is 0 Å². The van der Waals surface area contributed by atoms with Crippen LogP contribution in [0.5, 0.6) is 0 Å². The van der Waals surface area contributed by atoms with Crippen LogP contribution in [0.4, 0.5) is 26.3 Å². The van der Waals surface area contributed by atoms with Crippen LogP contribution in [0, 0.1) is 17.2 Å². The largest absolute Gasteiger partial charge is 0.417 e. The van der Waals surface area contributed by atoms with Crippen LogP contribution in [0.15, 0.2) is 48.5 Å². The van der Waals surface area contributed by atoms with E-state index in [1.165, 1.54) is 5.56 Å². The molecular formula is C27H32F6N2. The van der Waals surface area contributed by atoms with Crippen molar-refractivity contribution < 1.29 is 26.3 Å². The second kappa shape index (κ2) is 11.9. The molecule has 2 nitrogen and oxygen atoms in total. The van der Waals surface area contributed by atoms with E-state index in [1.54, 1.807) is 13.8 Å². The molecule has 192 valence electrons. The minimum absolute atomic E-state index is 0.0262. The topological polar surface area (TPSA) is 27.0 Å². The van der Waals surface area contributed by atoms with Crippen molar-refractivity contribution in [3.63, 3.8) is 0 Å². The normalized spacial score (nSPS) is 14.2. The van der Waals surface area contributed by atoms with Gasteiger partial charge < -0.3 is 4.90 Å². The van der Waals surface area contributed by atoms with Gasteiger partial charge in [0.1, 0.15) is 0 Å². The second-order valence-corrected chi connectivity index (χ2v) is 9.17. The number of rotatable bonds is 11. The van der Waals surface area contributed by atoms with E-state index in [9.17, 15) is 31.6 Å². The average Bonchev–Trinajstić information content (AvgIpc) is 2.79. The molecule has 2 rings (SSSR count). The highest BCUT2D eigenvalue weighted by Gasteiger charge is 2.45. The summed E-state index contributed by atoms with van der Waals surface area (Å²) < 4.78 is 80.3. The Kier molecular flexibility index (Phi) is 9.79. The first-order valence-corrected chi connectivity index (χ1v) is 11.8. The minimum atomic E-state index is -5.19. The highest BCUT2D eigenvalue weighted by Crippen LogP contribution is 2.44. The summed E-state index contributed by atoms with van der Waals surface area (Å²) in [6.45, 7) is 7.78. The SMILES string of the molecule is CCCN(CCCC(C#N)(c1ccc(C(F)(F)F)c(C(F)(F)F)c1)C(C)C)CCc1ccccc1. The molecule has 0 saturated heterocycles. The van der Waals surface area contributed by atoms with Crippen molar-refractivity contribution in [2.24, 2.45) is 5.92 Å². The van der Waals surface area contributed by atoms with Crippen LogP contribution in [-0.2, 0) is 24.2 Å². The molecule has 0 N–H and O–H groups in total. The van der Waals surface area contributed by atoms with Gasteiger partial charge in [0.25, 0.3) is 0 Å². The molecule has 2 aromatic carbocycles. The van der Waals surface area contributed by atoms with Gasteiger partial charge >= 0.3 is 12.4 Å². The van der Waals surface area contributed by atoms with Crippen molar-refractivity contribution in [2.75, 3.05) is 19.6 Å². The van der Waals surface area contributed by atoms with Crippen LogP contribution in [0.3, 0.4) is 0 Å². The van der Waals surface area contributed by atoms with E-state index in [1.807, 2.05) is 30.3 Å². The van der Waals surface area contributed by atoms with Crippen LogP contribution in [0.2, 0.25) is 0 Å². The van der Waals surface area contributed by atoms with Gasteiger partial charge in [-0.15, -0.1) is 0 Å².